The molecular formula is C16H12F3N5OS. The van der Waals surface area contributed by atoms with Crippen molar-refractivity contribution >= 4 is 22.7 Å². The first-order valence-electron chi connectivity index (χ1n) is 7.29. The first kappa shape index (κ1) is 17.8. The quantitative estimate of drug-likeness (QED) is 0.522. The maximum Gasteiger partial charge on any atom is 0.433 e. The van der Waals surface area contributed by atoms with Crippen LogP contribution in [0.4, 0.5) is 18.3 Å². The molecule has 2 heterocycles. The molecule has 0 aliphatic carbocycles. The van der Waals surface area contributed by atoms with Crippen molar-refractivity contribution in [2.75, 3.05) is 5.43 Å². The average Bonchev–Trinajstić information content (AvgIpc) is 3.00. The van der Waals surface area contributed by atoms with E-state index in [0.29, 0.717) is 16.4 Å². The Labute approximate surface area is 150 Å². The van der Waals surface area contributed by atoms with Gasteiger partial charge in [-0.15, -0.1) is 11.3 Å². The van der Waals surface area contributed by atoms with Crippen LogP contribution in [0.15, 0.2) is 47.0 Å². The molecule has 1 N–H and O–H groups in total. The Morgan fingerprint density at radius 2 is 2.08 bits per heavy atom. The van der Waals surface area contributed by atoms with E-state index in [9.17, 15) is 13.2 Å². The highest BCUT2D eigenvalue weighted by Crippen LogP contribution is 2.29. The lowest BCUT2D eigenvalue weighted by Crippen LogP contribution is -2.08. The van der Waals surface area contributed by atoms with Crippen LogP contribution in [-0.4, -0.2) is 21.2 Å². The van der Waals surface area contributed by atoms with E-state index in [0.717, 1.165) is 18.0 Å². The molecule has 0 radical (unpaired) electrons. The largest absolute Gasteiger partial charge is 0.433 e. The number of aryl methyl sites for hydroxylation is 1. The first-order chi connectivity index (χ1) is 12.4. The zero-order chi connectivity index (χ0) is 18.6. The summed E-state index contributed by atoms with van der Waals surface area (Å²) < 4.78 is 43.3. The number of halogens is 3. The highest BCUT2D eigenvalue weighted by Gasteiger charge is 2.33. The SMILES string of the molecule is Cc1csc(NN=Cc2cccc(Oc3nccc(C(F)(F)F)n3)c2)n1. The summed E-state index contributed by atoms with van der Waals surface area (Å²) in [5, 5.41) is 6.60. The summed E-state index contributed by atoms with van der Waals surface area (Å²) in [7, 11) is 0. The van der Waals surface area contributed by atoms with Crippen LogP contribution in [0.5, 0.6) is 11.8 Å². The molecule has 1 aromatic carbocycles. The molecule has 0 atom stereocenters. The number of benzene rings is 1. The summed E-state index contributed by atoms with van der Waals surface area (Å²) in [6.45, 7) is 1.88. The Balaban J connectivity index is 1.69. The van der Waals surface area contributed by atoms with Crippen LogP contribution >= 0.6 is 11.3 Å². The van der Waals surface area contributed by atoms with Crippen molar-refractivity contribution < 1.29 is 17.9 Å². The van der Waals surface area contributed by atoms with Crippen LogP contribution in [0, 0.1) is 6.92 Å². The number of anilines is 1. The van der Waals surface area contributed by atoms with E-state index in [2.05, 4.69) is 25.5 Å². The van der Waals surface area contributed by atoms with Crippen molar-refractivity contribution in [3.05, 3.63) is 58.9 Å². The van der Waals surface area contributed by atoms with Gasteiger partial charge in [-0.25, -0.2) is 9.97 Å². The van der Waals surface area contributed by atoms with Gasteiger partial charge in [-0.2, -0.15) is 23.3 Å². The zero-order valence-electron chi connectivity index (χ0n) is 13.4. The van der Waals surface area contributed by atoms with Gasteiger partial charge in [-0.1, -0.05) is 12.1 Å². The highest BCUT2D eigenvalue weighted by atomic mass is 32.1. The molecule has 10 heteroatoms. The molecule has 0 aliphatic heterocycles. The number of nitrogens with zero attached hydrogens (tertiary/aromatic N) is 4. The molecule has 0 saturated heterocycles. The van der Waals surface area contributed by atoms with Crippen LogP contribution in [0.1, 0.15) is 17.0 Å². The molecule has 2 aromatic heterocycles. The second-order valence-electron chi connectivity index (χ2n) is 5.06. The number of hydrazone groups is 1. The van der Waals surface area contributed by atoms with E-state index in [1.165, 1.54) is 17.6 Å². The summed E-state index contributed by atoms with van der Waals surface area (Å²) in [4.78, 5) is 11.3. The van der Waals surface area contributed by atoms with E-state index in [1.807, 2.05) is 12.3 Å². The lowest BCUT2D eigenvalue weighted by molar-refractivity contribution is -0.141. The molecule has 0 spiro atoms. The molecule has 6 nitrogen and oxygen atoms in total. The third-order valence-electron chi connectivity index (χ3n) is 2.98. The van der Waals surface area contributed by atoms with Crippen molar-refractivity contribution in [1.82, 2.24) is 15.0 Å². The van der Waals surface area contributed by atoms with Crippen molar-refractivity contribution in [1.29, 1.82) is 0 Å². The summed E-state index contributed by atoms with van der Waals surface area (Å²) >= 11 is 1.42. The molecule has 0 aliphatic rings. The molecule has 0 saturated carbocycles. The van der Waals surface area contributed by atoms with Gasteiger partial charge in [0.15, 0.2) is 5.69 Å². The maximum absolute atomic E-state index is 12.7. The van der Waals surface area contributed by atoms with Crippen molar-refractivity contribution in [3.63, 3.8) is 0 Å². The van der Waals surface area contributed by atoms with Gasteiger partial charge < -0.3 is 4.74 Å². The minimum atomic E-state index is -4.56. The molecule has 3 rings (SSSR count). The predicted octanol–water partition coefficient (Wildman–Crippen LogP) is 4.50. The maximum atomic E-state index is 12.7. The third-order valence-corrected chi connectivity index (χ3v) is 3.85. The smallest absolute Gasteiger partial charge is 0.424 e. The Morgan fingerprint density at radius 3 is 2.81 bits per heavy atom. The molecule has 0 unspecified atom stereocenters. The normalized spacial score (nSPS) is 11.7. The zero-order valence-corrected chi connectivity index (χ0v) is 14.2. The third kappa shape index (κ3) is 4.76. The fourth-order valence-corrected chi connectivity index (χ4v) is 2.52. The Kier molecular flexibility index (Phi) is 5.12. The fourth-order valence-electron chi connectivity index (χ4n) is 1.88. The van der Waals surface area contributed by atoms with Crippen LogP contribution in [0.25, 0.3) is 0 Å². The number of nitrogens with one attached hydrogen (secondary N) is 1. The average molecular weight is 379 g/mol. The number of aromatic nitrogens is 3. The van der Waals surface area contributed by atoms with Crippen LogP contribution in [0.3, 0.4) is 0 Å². The van der Waals surface area contributed by atoms with E-state index >= 15 is 0 Å². The standard InChI is InChI=1S/C16H12F3N5OS/c1-10-9-26-15(22-10)24-21-8-11-3-2-4-12(7-11)25-14-20-6-5-13(23-14)16(17,18)19/h2-9H,1H3,(H,22,24). The van der Waals surface area contributed by atoms with Crippen LogP contribution in [-0.2, 0) is 6.18 Å². The minimum absolute atomic E-state index is 0.290. The van der Waals surface area contributed by atoms with E-state index < -0.39 is 11.9 Å². The van der Waals surface area contributed by atoms with Crippen molar-refractivity contribution in [2.45, 2.75) is 13.1 Å². The van der Waals surface area contributed by atoms with Crippen LogP contribution < -0.4 is 10.2 Å². The Hall–Kier alpha value is -3.01. The fraction of sp³-hybridized carbons (Fsp3) is 0.125. The monoisotopic (exact) mass is 379 g/mol. The molecule has 0 bridgehead atoms. The highest BCUT2D eigenvalue weighted by molar-refractivity contribution is 7.13. The summed E-state index contributed by atoms with van der Waals surface area (Å²) in [5.74, 6) is 0.290. The van der Waals surface area contributed by atoms with E-state index in [4.69, 9.17) is 4.74 Å². The lowest BCUT2D eigenvalue weighted by Gasteiger charge is -2.08. The first-order valence-corrected chi connectivity index (χ1v) is 8.17. The van der Waals surface area contributed by atoms with Gasteiger partial charge in [0.2, 0.25) is 5.13 Å². The van der Waals surface area contributed by atoms with Crippen molar-refractivity contribution in [3.8, 4) is 11.8 Å². The molecule has 26 heavy (non-hydrogen) atoms. The molecule has 0 fully saturated rings. The lowest BCUT2D eigenvalue weighted by atomic mass is 10.2. The van der Waals surface area contributed by atoms with Gasteiger partial charge in [0.05, 0.1) is 11.9 Å². The number of alkyl halides is 3. The number of thiazole rings is 1. The molecule has 0 amide bonds. The predicted molar refractivity (Wildman–Crippen MR) is 91.6 cm³/mol. The van der Waals surface area contributed by atoms with Crippen LogP contribution in [0.2, 0.25) is 0 Å². The van der Waals surface area contributed by atoms with Gasteiger partial charge in [0.1, 0.15) is 5.75 Å². The van der Waals surface area contributed by atoms with E-state index in [1.54, 1.807) is 24.3 Å². The number of ether oxygens (including phenoxy) is 1. The summed E-state index contributed by atoms with van der Waals surface area (Å²) in [6.07, 6.45) is -2.03. The van der Waals surface area contributed by atoms with E-state index in [-0.39, 0.29) is 6.01 Å². The van der Waals surface area contributed by atoms with Crippen molar-refractivity contribution in [2.24, 2.45) is 5.10 Å². The summed E-state index contributed by atoms with van der Waals surface area (Å²) in [6, 6.07) is 7.02. The van der Waals surface area contributed by atoms with Gasteiger partial charge in [-0.3, -0.25) is 5.43 Å². The number of rotatable bonds is 5. The number of hydrogen-bond acceptors (Lipinski definition) is 7. The van der Waals surface area contributed by atoms with Gasteiger partial charge in [-0.05, 0) is 30.7 Å². The van der Waals surface area contributed by atoms with Gasteiger partial charge in [0.25, 0.3) is 0 Å². The Morgan fingerprint density at radius 1 is 1.23 bits per heavy atom. The topological polar surface area (TPSA) is 72.3 Å². The van der Waals surface area contributed by atoms with Gasteiger partial charge in [0, 0.05) is 11.6 Å². The second kappa shape index (κ2) is 7.48. The summed E-state index contributed by atoms with van der Waals surface area (Å²) in [5.41, 5.74) is 3.30. The molecular weight excluding hydrogens is 367 g/mol. The minimum Gasteiger partial charge on any atom is -0.424 e. The number of hydrogen-bond donors (Lipinski definition) is 1. The Bertz CT molecular complexity index is 926. The molecule has 3 aromatic rings. The molecule has 134 valence electrons. The van der Waals surface area contributed by atoms with Gasteiger partial charge >= 0.3 is 12.2 Å². The second-order valence-corrected chi connectivity index (χ2v) is 5.92.